The van der Waals surface area contributed by atoms with Gasteiger partial charge in [-0.3, -0.25) is 5.41 Å². The molecule has 0 bridgehead atoms. The molecule has 1 fully saturated rings. The van der Waals surface area contributed by atoms with Gasteiger partial charge in [0.15, 0.2) is 52.0 Å². The number of nitriles is 1. The molecule has 10 N–H and O–H groups in total. The molecule has 1 saturated carbocycles. The minimum Gasteiger partial charge on any atom is -0.481 e. The maximum Gasteiger partial charge on any atom is 0.216 e. The second kappa shape index (κ2) is 27.3. The first-order valence-corrected chi connectivity index (χ1v) is 24.6. The van der Waals surface area contributed by atoms with E-state index in [0.29, 0.717) is 81.5 Å². The van der Waals surface area contributed by atoms with E-state index in [1.54, 1.807) is 52.5 Å². The third-order valence-corrected chi connectivity index (χ3v) is 11.0. The van der Waals surface area contributed by atoms with E-state index in [0.717, 1.165) is 33.1 Å². The monoisotopic (exact) mass is 1140 g/mol. The lowest BCUT2D eigenvalue weighted by Gasteiger charge is -2.16. The van der Waals surface area contributed by atoms with Crippen LogP contribution in [0.4, 0.5) is 23.3 Å². The molecule has 79 heavy (non-hydrogen) atoms. The Hall–Kier alpha value is -9.84. The Bertz CT molecular complexity index is 3470. The number of anilines is 4. The van der Waals surface area contributed by atoms with Gasteiger partial charge in [-0.05, 0) is 69.3 Å². The maximum absolute atomic E-state index is 9.00. The van der Waals surface area contributed by atoms with E-state index in [1.807, 2.05) is 32.2 Å². The molecule has 0 atom stereocenters. The van der Waals surface area contributed by atoms with E-state index in [2.05, 4.69) is 94.9 Å². The Balaban J connectivity index is 0.000000171. The number of methoxy groups -OCH3 is 3. The molecule has 0 unspecified atom stereocenters. The van der Waals surface area contributed by atoms with Gasteiger partial charge in [0.05, 0.1) is 57.9 Å². The Labute approximate surface area is 463 Å². The number of nitrogen functional groups attached to an aromatic ring is 4. The fourth-order valence-electron chi connectivity index (χ4n) is 6.37. The van der Waals surface area contributed by atoms with E-state index >= 15 is 0 Å². The summed E-state index contributed by atoms with van der Waals surface area (Å²) in [5.74, 6) is 8.73. The van der Waals surface area contributed by atoms with Crippen LogP contribution < -0.4 is 61.4 Å². The molecule has 27 heteroatoms. The third kappa shape index (κ3) is 16.8. The molecular formula is C52H58BrN19O7. The second-order valence-electron chi connectivity index (χ2n) is 17.1. The molecule has 1 aliphatic carbocycles. The van der Waals surface area contributed by atoms with Gasteiger partial charge in [-0.2, -0.15) is 5.26 Å². The number of halogens is 1. The summed E-state index contributed by atoms with van der Waals surface area (Å²) in [6.45, 7) is 13.2. The van der Waals surface area contributed by atoms with E-state index in [1.165, 1.54) is 64.0 Å². The number of nitrogens with zero attached hydrogens (tertiary/aromatic N) is 13. The zero-order valence-electron chi connectivity index (χ0n) is 44.9. The highest BCUT2D eigenvalue weighted by atomic mass is 79.9. The fraction of sp³-hybridized carbons (Fsp3) is 0.269. The van der Waals surface area contributed by atoms with E-state index in [-0.39, 0.29) is 40.3 Å². The number of hydrogen-bond acceptors (Lipinski definition) is 25. The van der Waals surface area contributed by atoms with Crippen molar-refractivity contribution in [1.82, 2.24) is 59.8 Å². The molecule has 410 valence electrons. The summed E-state index contributed by atoms with van der Waals surface area (Å²) in [7, 11) is 4.50. The molecule has 8 heterocycles. The number of aryl methyl sites for hydroxylation is 5. The van der Waals surface area contributed by atoms with Crippen molar-refractivity contribution < 1.29 is 33.2 Å². The summed E-state index contributed by atoms with van der Waals surface area (Å²) in [6.07, 6.45) is 14.8. The predicted molar refractivity (Wildman–Crippen MR) is 296 cm³/mol. The van der Waals surface area contributed by atoms with Crippen LogP contribution in [0.2, 0.25) is 0 Å². The van der Waals surface area contributed by atoms with Crippen LogP contribution in [0.25, 0.3) is 0 Å². The fourth-order valence-corrected chi connectivity index (χ4v) is 6.68. The highest BCUT2D eigenvalue weighted by Crippen LogP contribution is 2.37. The largest absolute Gasteiger partial charge is 0.481 e. The zero-order chi connectivity index (χ0) is 57.3. The molecule has 8 aromatic rings. The topological polar surface area (TPSA) is 383 Å². The molecule has 0 radical (unpaired) electrons. The Morgan fingerprint density at radius 3 is 1.49 bits per heavy atom. The molecular weight excluding hydrogens is 1080 g/mol. The lowest BCUT2D eigenvalue weighted by Crippen LogP contribution is -2.13. The zero-order valence-corrected chi connectivity index (χ0v) is 46.4. The van der Waals surface area contributed by atoms with Gasteiger partial charge in [-0.15, -0.1) is 0 Å². The van der Waals surface area contributed by atoms with Crippen LogP contribution in [0.15, 0.2) is 78.4 Å². The maximum atomic E-state index is 9.00. The average molecular weight is 1140 g/mol. The molecule has 8 aromatic heterocycles. The summed E-state index contributed by atoms with van der Waals surface area (Å²) in [4.78, 5) is 49.0. The van der Waals surface area contributed by atoms with Crippen LogP contribution in [0.5, 0.6) is 63.6 Å². The Kier molecular flexibility index (Phi) is 20.2. The van der Waals surface area contributed by atoms with Crippen LogP contribution in [0, 0.1) is 51.4 Å². The lowest BCUT2D eigenvalue weighted by atomic mass is 10.1. The molecule has 1 aliphatic rings. The predicted octanol–water partition coefficient (Wildman–Crippen LogP) is 8.59. The van der Waals surface area contributed by atoms with Gasteiger partial charge in [0.1, 0.15) is 62.6 Å². The normalized spacial score (nSPS) is 11.2. The number of nitrogens with two attached hydrogens (primary N) is 4. The summed E-state index contributed by atoms with van der Waals surface area (Å²) in [6, 6.07) is 9.06. The molecule has 0 spiro atoms. The number of hydrogen-bond donors (Lipinski definition) is 6. The summed E-state index contributed by atoms with van der Waals surface area (Å²) < 4.78 is 38.7. The molecule has 9 rings (SSSR count). The molecule has 0 saturated heterocycles. The standard InChI is InChI=1S/C16H19BrN4O.C12H14N6O2.C12H11N5O2.C12H14N4O2/c1-9(2)12-7-19-15(17)6-13(12)22-14-8-18-10(3)20-16(14)21-11-4-5-11;1-6-16-5-9(12(15)18-6)20-8-3-10(19-2)17-4-7(8)11(13)14;1-7-15-6-10(12(14)17-7)19-9-3-11(18-2)16-5-8(9)4-13;1-7-5-15-11(17-3)4-9(7)18-10-6-14-8(2)16-12(10)13/h6-9,11H,4-5H2,1-3H3,(H,18,20,21);3-5H,1-2H3,(H3,13,14)(H2,15,16,18);3,5-6H,1-2H3,(H2,14,15,17);4-6H,1-3H3,(H2,13,14,16). The van der Waals surface area contributed by atoms with Gasteiger partial charge in [0.25, 0.3) is 0 Å². The Morgan fingerprint density at radius 1 is 0.570 bits per heavy atom. The first kappa shape index (κ1) is 58.4. The first-order chi connectivity index (χ1) is 37.8. The van der Waals surface area contributed by atoms with Crippen molar-refractivity contribution in [2.45, 2.75) is 73.3 Å². The summed E-state index contributed by atoms with van der Waals surface area (Å²) in [5, 5.41) is 19.9. The van der Waals surface area contributed by atoms with E-state index in [9.17, 15) is 0 Å². The van der Waals surface area contributed by atoms with Crippen LogP contribution in [0.3, 0.4) is 0 Å². The highest BCUT2D eigenvalue weighted by molar-refractivity contribution is 9.10. The van der Waals surface area contributed by atoms with Crippen LogP contribution in [-0.4, -0.2) is 93.0 Å². The van der Waals surface area contributed by atoms with Crippen molar-refractivity contribution in [2.75, 3.05) is 43.8 Å². The van der Waals surface area contributed by atoms with Gasteiger partial charge in [-0.1, -0.05) is 13.8 Å². The van der Waals surface area contributed by atoms with Crippen molar-refractivity contribution in [2.24, 2.45) is 5.73 Å². The minimum atomic E-state index is -0.179. The number of ether oxygens (including phenoxy) is 7. The summed E-state index contributed by atoms with van der Waals surface area (Å²) >= 11 is 3.40. The quantitative estimate of drug-likeness (QED) is 0.0318. The van der Waals surface area contributed by atoms with Gasteiger partial charge in [0, 0.05) is 60.0 Å². The number of amidine groups is 1. The van der Waals surface area contributed by atoms with Gasteiger partial charge < -0.3 is 61.4 Å². The van der Waals surface area contributed by atoms with Crippen molar-refractivity contribution in [1.29, 1.82) is 10.7 Å². The van der Waals surface area contributed by atoms with Crippen LogP contribution >= 0.6 is 15.9 Å². The van der Waals surface area contributed by atoms with Crippen molar-refractivity contribution >= 4 is 45.0 Å². The van der Waals surface area contributed by atoms with E-state index < -0.39 is 0 Å². The third-order valence-electron chi connectivity index (χ3n) is 10.6. The van der Waals surface area contributed by atoms with Crippen LogP contribution in [0.1, 0.15) is 78.2 Å². The van der Waals surface area contributed by atoms with E-state index in [4.69, 9.17) is 66.8 Å². The van der Waals surface area contributed by atoms with Gasteiger partial charge in [0.2, 0.25) is 17.6 Å². The number of nitrogens with one attached hydrogen (secondary N) is 2. The first-order valence-electron chi connectivity index (χ1n) is 23.8. The molecule has 0 amide bonds. The number of pyridine rings is 4. The second-order valence-corrected chi connectivity index (χ2v) is 17.9. The average Bonchev–Trinajstić information content (AvgIpc) is 4.26. The highest BCUT2D eigenvalue weighted by Gasteiger charge is 2.24. The van der Waals surface area contributed by atoms with Gasteiger partial charge in [-0.25, -0.2) is 59.8 Å². The van der Waals surface area contributed by atoms with Crippen molar-refractivity contribution in [3.05, 3.63) is 124 Å². The SMILES string of the molecule is COc1cc(Oc2cnc(C)nc2N)c(C#N)cn1.COc1cc(Oc2cnc(C)nc2N)c(C(=N)N)cn1.COc1cc(Oc2cnc(C)nc2N)c(C)cn1.Cc1ncc(Oc2cc(Br)ncc2C(C)C)c(NC2CC2)n1. The van der Waals surface area contributed by atoms with Gasteiger partial charge >= 0.3 is 0 Å². The minimum absolute atomic E-state index is 0.179. The lowest BCUT2D eigenvalue weighted by molar-refractivity contribution is 0.391. The summed E-state index contributed by atoms with van der Waals surface area (Å²) in [5.41, 5.74) is 25.2. The molecule has 0 aliphatic heterocycles. The number of aromatic nitrogens is 12. The molecule has 26 nitrogen and oxygen atoms in total. The van der Waals surface area contributed by atoms with Crippen molar-refractivity contribution in [3.63, 3.8) is 0 Å². The van der Waals surface area contributed by atoms with Crippen LogP contribution in [-0.2, 0) is 0 Å². The number of rotatable bonds is 15. The smallest absolute Gasteiger partial charge is 0.216 e. The Morgan fingerprint density at radius 2 is 1.01 bits per heavy atom. The van der Waals surface area contributed by atoms with Crippen molar-refractivity contribution in [3.8, 4) is 69.7 Å². The molecule has 0 aromatic carbocycles.